The normalized spacial score (nSPS) is 13.1. The van der Waals surface area contributed by atoms with E-state index in [9.17, 15) is 16.8 Å². The maximum atomic E-state index is 11.7. The van der Waals surface area contributed by atoms with Gasteiger partial charge >= 0.3 is 0 Å². The number of ether oxygens (including phenoxy) is 3. The van der Waals surface area contributed by atoms with Gasteiger partial charge in [0.15, 0.2) is 19.7 Å². The van der Waals surface area contributed by atoms with Crippen LogP contribution in [0.25, 0.3) is 0 Å². The van der Waals surface area contributed by atoms with Crippen molar-refractivity contribution in [1.29, 1.82) is 0 Å². The van der Waals surface area contributed by atoms with Crippen molar-refractivity contribution < 1.29 is 31.0 Å². The first-order chi connectivity index (χ1) is 19.5. The summed E-state index contributed by atoms with van der Waals surface area (Å²) in [6.07, 6.45) is 4.87. The van der Waals surface area contributed by atoms with E-state index in [-0.39, 0.29) is 9.79 Å². The highest BCUT2D eigenvalue weighted by Crippen LogP contribution is 2.32. The van der Waals surface area contributed by atoms with Crippen molar-refractivity contribution in [2.24, 2.45) is 0 Å². The molecule has 4 rings (SSSR count). The quantitative estimate of drug-likeness (QED) is 0.160. The molecule has 0 radical (unpaired) electrons. The van der Waals surface area contributed by atoms with Gasteiger partial charge in [-0.2, -0.15) is 0 Å². The number of rotatable bonds is 12. The number of sulfone groups is 2. The topological polar surface area (TPSA) is 96.0 Å². The molecule has 0 aliphatic carbocycles. The Kier molecular flexibility index (Phi) is 9.12. The van der Waals surface area contributed by atoms with Crippen LogP contribution < -0.4 is 9.47 Å². The van der Waals surface area contributed by atoms with Crippen LogP contribution in [-0.2, 0) is 24.4 Å². The Balaban J connectivity index is 1.39. The van der Waals surface area contributed by atoms with E-state index in [1.807, 2.05) is 24.3 Å². The summed E-state index contributed by atoms with van der Waals surface area (Å²) in [5.41, 5.74) is 1.73. The van der Waals surface area contributed by atoms with Gasteiger partial charge in [0.25, 0.3) is 0 Å². The Morgan fingerprint density at radius 2 is 0.780 bits per heavy atom. The van der Waals surface area contributed by atoms with Gasteiger partial charge in [-0.15, -0.1) is 13.2 Å². The van der Waals surface area contributed by atoms with Crippen molar-refractivity contribution >= 4 is 19.7 Å². The van der Waals surface area contributed by atoms with Crippen molar-refractivity contribution in [2.75, 3.05) is 12.5 Å². The second-order valence-electron chi connectivity index (χ2n) is 9.28. The molecular formula is C32H30O7S2. The van der Waals surface area contributed by atoms with E-state index >= 15 is 0 Å². The predicted octanol–water partition coefficient (Wildman–Crippen LogP) is 7.25. The molecule has 2 unspecified atom stereocenters. The summed E-state index contributed by atoms with van der Waals surface area (Å²) in [6.45, 7) is 7.84. The van der Waals surface area contributed by atoms with Crippen LogP contribution in [-0.4, -0.2) is 29.3 Å². The second-order valence-corrected chi connectivity index (χ2v) is 13.3. The zero-order chi connectivity index (χ0) is 29.6. The van der Waals surface area contributed by atoms with Crippen molar-refractivity contribution in [3.63, 3.8) is 0 Å². The average molecular weight is 591 g/mol. The summed E-state index contributed by atoms with van der Waals surface area (Å²) >= 11 is 0. The average Bonchev–Trinajstić information content (AvgIpc) is 2.95. The Morgan fingerprint density at radius 3 is 1.02 bits per heavy atom. The van der Waals surface area contributed by atoms with Gasteiger partial charge in [-0.05, 0) is 83.9 Å². The standard InChI is InChI=1S/C32H30O7S2/c1-5-31(23-7-11-25(12-8-23)37-27-15-19-29(20-16-27)40(3,33)34)39-32(6-2)24-9-13-26(14-10-24)38-28-17-21-30(22-18-28)41(4,35)36/h5-22,31-32H,1-2H2,3-4H3. The molecule has 0 heterocycles. The van der Waals surface area contributed by atoms with E-state index in [1.165, 1.54) is 24.3 Å². The van der Waals surface area contributed by atoms with E-state index in [2.05, 4.69) is 13.2 Å². The van der Waals surface area contributed by atoms with Gasteiger partial charge in [0.1, 0.15) is 35.2 Å². The van der Waals surface area contributed by atoms with Gasteiger partial charge in [0.05, 0.1) is 9.79 Å². The zero-order valence-electron chi connectivity index (χ0n) is 22.6. The summed E-state index contributed by atoms with van der Waals surface area (Å²) in [7, 11) is -6.55. The summed E-state index contributed by atoms with van der Waals surface area (Å²) in [5, 5.41) is 0. The number of hydrogen-bond acceptors (Lipinski definition) is 7. The lowest BCUT2D eigenvalue weighted by atomic mass is 10.1. The van der Waals surface area contributed by atoms with Gasteiger partial charge in [-0.3, -0.25) is 0 Å². The molecule has 2 atom stereocenters. The fourth-order valence-corrected chi connectivity index (χ4v) is 5.19. The van der Waals surface area contributed by atoms with E-state index < -0.39 is 31.9 Å². The van der Waals surface area contributed by atoms with Crippen LogP contribution in [0.15, 0.2) is 132 Å². The van der Waals surface area contributed by atoms with Crippen molar-refractivity contribution in [3.05, 3.63) is 133 Å². The third kappa shape index (κ3) is 7.94. The lowest BCUT2D eigenvalue weighted by molar-refractivity contribution is 0.0403. The Labute approximate surface area is 241 Å². The highest BCUT2D eigenvalue weighted by Gasteiger charge is 2.16. The molecule has 212 valence electrons. The molecule has 4 aromatic carbocycles. The highest BCUT2D eigenvalue weighted by atomic mass is 32.2. The lowest BCUT2D eigenvalue weighted by Gasteiger charge is -2.21. The monoisotopic (exact) mass is 590 g/mol. The minimum absolute atomic E-state index is 0.228. The summed E-state index contributed by atoms with van der Waals surface area (Å²) in [6, 6.07) is 27.2. The number of benzene rings is 4. The Bertz CT molecular complexity index is 1580. The molecule has 41 heavy (non-hydrogen) atoms. The van der Waals surface area contributed by atoms with Crippen LogP contribution in [0.4, 0.5) is 0 Å². The van der Waals surface area contributed by atoms with Crippen molar-refractivity contribution in [1.82, 2.24) is 0 Å². The van der Waals surface area contributed by atoms with Crippen LogP contribution >= 0.6 is 0 Å². The van der Waals surface area contributed by atoms with Gasteiger partial charge in [-0.1, -0.05) is 36.4 Å². The third-order valence-corrected chi connectivity index (χ3v) is 8.37. The minimum Gasteiger partial charge on any atom is -0.457 e. The first kappa shape index (κ1) is 29.8. The maximum absolute atomic E-state index is 11.7. The molecule has 0 N–H and O–H groups in total. The van der Waals surface area contributed by atoms with Crippen LogP contribution in [0.2, 0.25) is 0 Å². The van der Waals surface area contributed by atoms with Crippen LogP contribution in [0.1, 0.15) is 23.3 Å². The lowest BCUT2D eigenvalue weighted by Crippen LogP contribution is -2.07. The number of hydrogen-bond donors (Lipinski definition) is 0. The first-order valence-electron chi connectivity index (χ1n) is 12.5. The molecule has 0 fully saturated rings. The molecule has 4 aromatic rings. The summed E-state index contributed by atoms with van der Waals surface area (Å²) in [5.74, 6) is 2.22. The van der Waals surface area contributed by atoms with Gasteiger partial charge in [-0.25, -0.2) is 16.8 Å². The molecule has 0 amide bonds. The fraction of sp³-hybridized carbons (Fsp3) is 0.125. The molecule has 9 heteroatoms. The highest BCUT2D eigenvalue weighted by molar-refractivity contribution is 7.91. The van der Waals surface area contributed by atoms with Crippen LogP contribution in [0.5, 0.6) is 23.0 Å². The van der Waals surface area contributed by atoms with Crippen LogP contribution in [0.3, 0.4) is 0 Å². The molecule has 0 aliphatic rings. The Hall–Kier alpha value is -4.18. The Morgan fingerprint density at radius 1 is 0.512 bits per heavy atom. The smallest absolute Gasteiger partial charge is 0.175 e. The SMILES string of the molecule is C=CC(OC(C=C)c1ccc(Oc2ccc(S(C)(=O)=O)cc2)cc1)c1ccc(Oc2ccc(S(C)(=O)=O)cc2)cc1. The van der Waals surface area contributed by atoms with Gasteiger partial charge < -0.3 is 14.2 Å². The molecule has 0 spiro atoms. The molecule has 0 saturated carbocycles. The molecular weight excluding hydrogens is 560 g/mol. The second kappa shape index (κ2) is 12.6. The first-order valence-corrected chi connectivity index (χ1v) is 16.3. The third-order valence-electron chi connectivity index (χ3n) is 6.11. The minimum atomic E-state index is -3.27. The summed E-state index contributed by atoms with van der Waals surface area (Å²) < 4.78 is 64.6. The molecule has 7 nitrogen and oxygen atoms in total. The van der Waals surface area contributed by atoms with E-state index in [4.69, 9.17) is 14.2 Å². The molecule has 0 aliphatic heterocycles. The summed E-state index contributed by atoms with van der Waals surface area (Å²) in [4.78, 5) is 0.456. The molecule has 0 aromatic heterocycles. The van der Waals surface area contributed by atoms with Crippen LogP contribution in [0, 0.1) is 0 Å². The van der Waals surface area contributed by atoms with Crippen molar-refractivity contribution in [2.45, 2.75) is 22.0 Å². The zero-order valence-corrected chi connectivity index (χ0v) is 24.3. The van der Waals surface area contributed by atoms with E-state index in [1.54, 1.807) is 60.7 Å². The largest absolute Gasteiger partial charge is 0.457 e. The molecule has 0 bridgehead atoms. The van der Waals surface area contributed by atoms with Gasteiger partial charge in [0, 0.05) is 12.5 Å². The van der Waals surface area contributed by atoms with E-state index in [0.29, 0.717) is 23.0 Å². The molecule has 0 saturated heterocycles. The van der Waals surface area contributed by atoms with Gasteiger partial charge in [0.2, 0.25) is 0 Å². The van der Waals surface area contributed by atoms with Crippen molar-refractivity contribution in [3.8, 4) is 23.0 Å². The maximum Gasteiger partial charge on any atom is 0.175 e. The fourth-order valence-electron chi connectivity index (χ4n) is 3.93. The van der Waals surface area contributed by atoms with E-state index in [0.717, 1.165) is 23.6 Å². The predicted molar refractivity (Wildman–Crippen MR) is 159 cm³/mol.